The zero-order valence-corrected chi connectivity index (χ0v) is 13.6. The van der Waals surface area contributed by atoms with Crippen molar-refractivity contribution in [3.63, 3.8) is 0 Å². The van der Waals surface area contributed by atoms with Crippen molar-refractivity contribution < 1.29 is 30.7 Å². The molecule has 0 saturated carbocycles. The average Bonchev–Trinajstić information content (AvgIpc) is 2.46. The molecule has 0 fully saturated rings. The van der Waals surface area contributed by atoms with Crippen LogP contribution in [-0.4, -0.2) is 35.7 Å². The van der Waals surface area contributed by atoms with Crippen LogP contribution in [0.2, 0.25) is 0 Å². The smallest absolute Gasteiger partial charge is 0.268 e. The van der Waals surface area contributed by atoms with Gasteiger partial charge in [0.2, 0.25) is 0 Å². The summed E-state index contributed by atoms with van der Waals surface area (Å²) in [5.74, 6) is 0. The van der Waals surface area contributed by atoms with Gasteiger partial charge in [-0.05, 0) is 24.3 Å². The first kappa shape index (κ1) is 17.9. The topological polar surface area (TPSA) is 132 Å². The van der Waals surface area contributed by atoms with Gasteiger partial charge < -0.3 is 0 Å². The van der Waals surface area contributed by atoms with E-state index in [1.807, 2.05) is 0 Å². The summed E-state index contributed by atoms with van der Waals surface area (Å²) < 4.78 is 62.2. The quantitative estimate of drug-likeness (QED) is 0.783. The summed E-state index contributed by atoms with van der Waals surface area (Å²) in [6.45, 7) is 0. The lowest BCUT2D eigenvalue weighted by atomic mass is 10.2. The fraction of sp³-hybridized carbons (Fsp3) is 0. The van der Waals surface area contributed by atoms with Gasteiger partial charge in [-0.2, -0.15) is 16.8 Å². The molecular formula is C13H12N2O7S2. The molecule has 0 heterocycles. The highest BCUT2D eigenvalue weighted by Gasteiger charge is 2.40. The number of anilines is 2. The minimum atomic E-state index is -5.58. The van der Waals surface area contributed by atoms with Gasteiger partial charge >= 0.3 is 26.6 Å². The highest BCUT2D eigenvalue weighted by Crippen LogP contribution is 2.27. The monoisotopic (exact) mass is 372 g/mol. The fourth-order valence-corrected chi connectivity index (χ4v) is 3.43. The van der Waals surface area contributed by atoms with E-state index in [1.54, 1.807) is 12.1 Å². The van der Waals surface area contributed by atoms with E-state index in [0.717, 1.165) is 0 Å². The van der Waals surface area contributed by atoms with E-state index >= 15 is 0 Å². The SMILES string of the molecule is O=C(N(c1ccccc1)c1ccccc1)N(S(=O)(=O)O)S(=O)(=O)O. The van der Waals surface area contributed by atoms with Crippen molar-refractivity contribution in [2.75, 3.05) is 4.90 Å². The summed E-state index contributed by atoms with van der Waals surface area (Å²) in [5, 5.41) is 0. The second-order valence-electron chi connectivity index (χ2n) is 4.44. The first-order chi connectivity index (χ1) is 11.1. The lowest BCUT2D eigenvalue weighted by molar-refractivity contribution is 0.239. The first-order valence-electron chi connectivity index (χ1n) is 6.32. The highest BCUT2D eigenvalue weighted by molar-refractivity contribution is 7.99. The van der Waals surface area contributed by atoms with Gasteiger partial charge in [0.1, 0.15) is 0 Å². The molecule has 0 aliphatic carbocycles. The van der Waals surface area contributed by atoms with Crippen molar-refractivity contribution in [1.29, 1.82) is 0 Å². The number of rotatable bonds is 4. The van der Waals surface area contributed by atoms with Crippen LogP contribution < -0.4 is 4.90 Å². The number of urea groups is 1. The first-order valence-corrected chi connectivity index (χ1v) is 9.11. The average molecular weight is 372 g/mol. The number of carbonyl (C=O) groups is 1. The van der Waals surface area contributed by atoms with Crippen LogP contribution in [0.5, 0.6) is 0 Å². The van der Waals surface area contributed by atoms with Gasteiger partial charge in [-0.25, -0.2) is 4.79 Å². The van der Waals surface area contributed by atoms with Gasteiger partial charge in [0.15, 0.2) is 0 Å². The van der Waals surface area contributed by atoms with Gasteiger partial charge in [-0.15, -0.1) is 0 Å². The summed E-state index contributed by atoms with van der Waals surface area (Å²) in [4.78, 5) is 13.2. The van der Waals surface area contributed by atoms with Crippen LogP contribution >= 0.6 is 0 Å². The predicted octanol–water partition coefficient (Wildman–Crippen LogP) is 1.85. The third-order valence-electron chi connectivity index (χ3n) is 2.80. The molecule has 11 heteroatoms. The predicted molar refractivity (Wildman–Crippen MR) is 85.4 cm³/mol. The van der Waals surface area contributed by atoms with Gasteiger partial charge in [-0.1, -0.05) is 40.1 Å². The molecule has 0 bridgehead atoms. The molecule has 0 unspecified atom stereocenters. The van der Waals surface area contributed by atoms with Crippen molar-refractivity contribution in [2.24, 2.45) is 0 Å². The number of hydrogen-bond acceptors (Lipinski definition) is 5. The van der Waals surface area contributed by atoms with E-state index in [-0.39, 0.29) is 11.4 Å². The van der Waals surface area contributed by atoms with E-state index in [1.165, 1.54) is 48.5 Å². The van der Waals surface area contributed by atoms with Crippen molar-refractivity contribution in [1.82, 2.24) is 3.71 Å². The molecule has 0 aromatic heterocycles. The summed E-state index contributed by atoms with van der Waals surface area (Å²) in [6, 6.07) is 13.3. The van der Waals surface area contributed by atoms with Crippen molar-refractivity contribution >= 4 is 38.0 Å². The molecule has 0 aliphatic heterocycles. The molecule has 128 valence electrons. The Labute approximate surface area is 138 Å². The van der Waals surface area contributed by atoms with E-state index in [4.69, 9.17) is 9.11 Å². The Balaban J connectivity index is 2.66. The number of para-hydroxylation sites is 2. The maximum atomic E-state index is 12.5. The molecule has 2 aromatic rings. The lowest BCUT2D eigenvalue weighted by Gasteiger charge is -2.26. The zero-order chi connectivity index (χ0) is 18.0. The van der Waals surface area contributed by atoms with Crippen molar-refractivity contribution in [3.8, 4) is 0 Å². The fourth-order valence-electron chi connectivity index (χ4n) is 1.92. The van der Waals surface area contributed by atoms with Gasteiger partial charge in [0.05, 0.1) is 11.4 Å². The maximum Gasteiger partial charge on any atom is 0.379 e. The molecule has 0 atom stereocenters. The Morgan fingerprint density at radius 1 is 0.708 bits per heavy atom. The number of benzene rings is 2. The highest BCUT2D eigenvalue weighted by atomic mass is 32.3. The van der Waals surface area contributed by atoms with Crippen LogP contribution in [0.1, 0.15) is 0 Å². The van der Waals surface area contributed by atoms with Crippen molar-refractivity contribution in [3.05, 3.63) is 60.7 Å². The molecule has 0 spiro atoms. The second-order valence-corrected chi connectivity index (χ2v) is 7.19. The van der Waals surface area contributed by atoms with Gasteiger partial charge in [-0.3, -0.25) is 14.0 Å². The molecule has 2 aromatic carbocycles. The van der Waals surface area contributed by atoms with Crippen LogP contribution in [0, 0.1) is 0 Å². The Morgan fingerprint density at radius 3 is 1.33 bits per heavy atom. The Kier molecular flexibility index (Phi) is 4.89. The zero-order valence-electron chi connectivity index (χ0n) is 11.9. The summed E-state index contributed by atoms with van der Waals surface area (Å²) in [7, 11) is -11.2. The number of hydrogen-bond donors (Lipinski definition) is 2. The van der Waals surface area contributed by atoms with Crippen molar-refractivity contribution in [2.45, 2.75) is 0 Å². The standard InChI is InChI=1S/C13H12N2O7S2/c16-13(15(23(17,18)19)24(20,21)22)14(11-7-3-1-4-8-11)12-9-5-2-6-10-12/h1-10H,(H,17,18,19)(H,20,21,22). The Bertz CT molecular complexity index is 857. The number of carbonyl (C=O) groups excluding carboxylic acids is 1. The lowest BCUT2D eigenvalue weighted by Crippen LogP contribution is -2.47. The normalized spacial score (nSPS) is 11.8. The summed E-state index contributed by atoms with van der Waals surface area (Å²) in [5.41, 5.74) is 0.233. The van der Waals surface area contributed by atoms with Crippen LogP contribution in [0.4, 0.5) is 16.2 Å². The molecule has 24 heavy (non-hydrogen) atoms. The van der Waals surface area contributed by atoms with Crippen LogP contribution in [0.3, 0.4) is 0 Å². The molecule has 2 amide bonds. The van der Waals surface area contributed by atoms with Crippen LogP contribution in [0.15, 0.2) is 60.7 Å². The second kappa shape index (κ2) is 6.57. The maximum absolute atomic E-state index is 12.5. The Hall–Kier alpha value is -2.47. The summed E-state index contributed by atoms with van der Waals surface area (Å²) >= 11 is 0. The molecule has 2 rings (SSSR count). The molecule has 0 saturated heterocycles. The van der Waals surface area contributed by atoms with Crippen LogP contribution in [-0.2, 0) is 20.6 Å². The van der Waals surface area contributed by atoms with E-state index < -0.39 is 30.3 Å². The molecule has 9 nitrogen and oxygen atoms in total. The number of amides is 2. The Morgan fingerprint density at radius 2 is 1.04 bits per heavy atom. The van der Waals surface area contributed by atoms with E-state index in [0.29, 0.717) is 4.90 Å². The molecule has 0 aliphatic rings. The van der Waals surface area contributed by atoms with Crippen LogP contribution in [0.25, 0.3) is 0 Å². The minimum Gasteiger partial charge on any atom is -0.268 e. The molecular weight excluding hydrogens is 360 g/mol. The largest absolute Gasteiger partial charge is 0.379 e. The summed E-state index contributed by atoms with van der Waals surface area (Å²) in [6.07, 6.45) is 0. The molecule has 2 N–H and O–H groups in total. The van der Waals surface area contributed by atoms with Gasteiger partial charge in [0, 0.05) is 0 Å². The van der Waals surface area contributed by atoms with E-state index in [2.05, 4.69) is 0 Å². The third kappa shape index (κ3) is 3.89. The van der Waals surface area contributed by atoms with Gasteiger partial charge in [0.25, 0.3) is 0 Å². The minimum absolute atomic E-state index is 0.117. The third-order valence-corrected chi connectivity index (χ3v) is 5.08. The number of nitrogens with zero attached hydrogens (tertiary/aromatic N) is 2. The molecule has 0 radical (unpaired) electrons. The van der Waals surface area contributed by atoms with E-state index in [9.17, 15) is 21.6 Å².